The molecule has 0 aromatic rings. The van der Waals surface area contributed by atoms with Crippen molar-refractivity contribution in [2.24, 2.45) is 0 Å². The molecule has 5 nitrogen and oxygen atoms in total. The summed E-state index contributed by atoms with van der Waals surface area (Å²) < 4.78 is 21.2. The first-order valence-electron chi connectivity index (χ1n) is 2.12. The Hall–Kier alpha value is -0.460. The standard InChI is InChI=1S/C3H7NO4S.CH4/c1-2(3(5)6)4-9(7)8;/h2,4H,1H3,(H,5,6)(H,7,8);1H4/p-1. The second kappa shape index (κ2) is 5.33. The monoisotopic (exact) mass is 168 g/mol. The zero-order valence-corrected chi connectivity index (χ0v) is 5.47. The van der Waals surface area contributed by atoms with Crippen molar-refractivity contribution in [3.05, 3.63) is 0 Å². The van der Waals surface area contributed by atoms with Crippen molar-refractivity contribution in [3.63, 3.8) is 0 Å². The van der Waals surface area contributed by atoms with Gasteiger partial charge < -0.3 is 9.66 Å². The van der Waals surface area contributed by atoms with E-state index in [1.807, 2.05) is 0 Å². The number of nitrogens with one attached hydrogen (secondary N) is 1. The topological polar surface area (TPSA) is 89.5 Å². The maximum Gasteiger partial charge on any atom is 0.321 e. The number of hydrogen-bond donors (Lipinski definition) is 2. The van der Waals surface area contributed by atoms with Gasteiger partial charge in [0, 0.05) is 11.3 Å². The second-order valence-electron chi connectivity index (χ2n) is 1.41. The number of rotatable bonds is 3. The number of carboxylic acid groups (broad SMARTS) is 1. The first-order valence-corrected chi connectivity index (χ1v) is 3.19. The van der Waals surface area contributed by atoms with Crippen LogP contribution in [0.1, 0.15) is 14.4 Å². The third kappa shape index (κ3) is 5.67. The fourth-order valence-corrected chi connectivity index (χ4v) is 0.584. The molecule has 10 heavy (non-hydrogen) atoms. The van der Waals surface area contributed by atoms with E-state index in [2.05, 4.69) is 0 Å². The van der Waals surface area contributed by atoms with Crippen molar-refractivity contribution in [2.75, 3.05) is 0 Å². The van der Waals surface area contributed by atoms with Crippen molar-refractivity contribution >= 4 is 17.2 Å². The molecule has 0 amide bonds. The molecule has 2 N–H and O–H groups in total. The summed E-state index contributed by atoms with van der Waals surface area (Å²) in [6.07, 6.45) is 0. The Labute approximate surface area is 61.9 Å². The van der Waals surface area contributed by atoms with Gasteiger partial charge in [-0.1, -0.05) is 7.43 Å². The molecule has 0 bridgehead atoms. The van der Waals surface area contributed by atoms with Gasteiger partial charge >= 0.3 is 5.97 Å². The third-order valence-electron chi connectivity index (χ3n) is 0.643. The highest BCUT2D eigenvalue weighted by Gasteiger charge is 2.08. The number of carboxylic acids is 1. The lowest BCUT2D eigenvalue weighted by molar-refractivity contribution is -0.138. The summed E-state index contributed by atoms with van der Waals surface area (Å²) in [5.41, 5.74) is 0. The fraction of sp³-hybridized carbons (Fsp3) is 0.750. The van der Waals surface area contributed by atoms with E-state index in [1.54, 1.807) is 4.72 Å². The first-order chi connectivity index (χ1) is 4.04. The first kappa shape index (κ1) is 12.2. The minimum atomic E-state index is -2.50. The van der Waals surface area contributed by atoms with Crippen molar-refractivity contribution in [1.82, 2.24) is 4.72 Å². The van der Waals surface area contributed by atoms with Crippen molar-refractivity contribution in [1.29, 1.82) is 0 Å². The average Bonchev–Trinajstić information content (AvgIpc) is 1.63. The summed E-state index contributed by atoms with van der Waals surface area (Å²) in [6.45, 7) is 1.23. The van der Waals surface area contributed by atoms with Gasteiger partial charge in [-0.2, -0.15) is 0 Å². The van der Waals surface area contributed by atoms with Gasteiger partial charge in [0.25, 0.3) is 0 Å². The maximum atomic E-state index is 9.90. The van der Waals surface area contributed by atoms with Crippen LogP contribution in [0.4, 0.5) is 0 Å². The molecule has 0 aliphatic rings. The van der Waals surface area contributed by atoms with Crippen LogP contribution in [0, 0.1) is 0 Å². The van der Waals surface area contributed by atoms with Gasteiger partial charge in [0.05, 0.1) is 0 Å². The van der Waals surface area contributed by atoms with Gasteiger partial charge in [-0.15, -0.1) is 0 Å². The van der Waals surface area contributed by atoms with Gasteiger partial charge in [-0.05, 0) is 6.92 Å². The smallest absolute Gasteiger partial charge is 0.321 e. The molecule has 0 aliphatic heterocycles. The fourth-order valence-electron chi connectivity index (χ4n) is 0.195. The van der Waals surface area contributed by atoms with Crippen molar-refractivity contribution in [2.45, 2.75) is 20.4 Å². The van der Waals surface area contributed by atoms with Crippen LogP contribution in [0.3, 0.4) is 0 Å². The zero-order valence-electron chi connectivity index (χ0n) is 4.66. The molecule has 0 heterocycles. The van der Waals surface area contributed by atoms with Gasteiger partial charge in [-0.25, -0.2) is 4.72 Å². The van der Waals surface area contributed by atoms with E-state index >= 15 is 0 Å². The molecule has 2 unspecified atom stereocenters. The maximum absolute atomic E-state index is 9.90. The molecule has 2 atom stereocenters. The van der Waals surface area contributed by atoms with Crippen molar-refractivity contribution in [3.8, 4) is 0 Å². The lowest BCUT2D eigenvalue weighted by Crippen LogP contribution is -2.34. The minimum absolute atomic E-state index is 0. The Morgan fingerprint density at radius 2 is 2.20 bits per heavy atom. The molecule has 0 aromatic carbocycles. The van der Waals surface area contributed by atoms with Gasteiger partial charge in [0.1, 0.15) is 6.04 Å². The van der Waals surface area contributed by atoms with Crippen LogP contribution in [0.2, 0.25) is 0 Å². The summed E-state index contributed by atoms with van der Waals surface area (Å²) in [7, 11) is 0. The normalized spacial score (nSPS) is 15.0. The predicted molar refractivity (Wildman–Crippen MR) is 35.9 cm³/mol. The number of hydrogen-bond acceptors (Lipinski definition) is 3. The number of carbonyl (C=O) groups is 1. The highest BCUT2D eigenvalue weighted by atomic mass is 32.2. The Bertz CT molecular complexity index is 137. The molecular formula is C4H10NO4S-. The molecule has 0 rings (SSSR count). The molecule has 0 fully saturated rings. The zero-order chi connectivity index (χ0) is 7.44. The SMILES string of the molecule is C.CC(NS(=O)[O-])C(=O)O. The Morgan fingerprint density at radius 1 is 1.80 bits per heavy atom. The average molecular weight is 168 g/mol. The van der Waals surface area contributed by atoms with Crippen LogP contribution >= 0.6 is 0 Å². The molecule has 0 aliphatic carbocycles. The second-order valence-corrected chi connectivity index (χ2v) is 2.12. The van der Waals surface area contributed by atoms with E-state index in [1.165, 1.54) is 6.92 Å². The van der Waals surface area contributed by atoms with Crippen LogP contribution in [0.5, 0.6) is 0 Å². The minimum Gasteiger partial charge on any atom is -0.760 e. The van der Waals surface area contributed by atoms with Crippen LogP contribution in [0.15, 0.2) is 0 Å². The van der Waals surface area contributed by atoms with Gasteiger partial charge in [0.15, 0.2) is 0 Å². The Kier molecular flexibility index (Phi) is 6.53. The van der Waals surface area contributed by atoms with E-state index in [0.29, 0.717) is 0 Å². The van der Waals surface area contributed by atoms with Crippen LogP contribution in [-0.2, 0) is 16.1 Å². The number of aliphatic carboxylic acids is 1. The molecular weight excluding hydrogens is 158 g/mol. The largest absolute Gasteiger partial charge is 0.760 e. The molecule has 0 spiro atoms. The molecule has 0 saturated heterocycles. The molecule has 0 aromatic heterocycles. The summed E-state index contributed by atoms with van der Waals surface area (Å²) in [6, 6.07) is -1.05. The van der Waals surface area contributed by atoms with Gasteiger partial charge in [0.2, 0.25) is 0 Å². The summed E-state index contributed by atoms with van der Waals surface area (Å²) in [5.74, 6) is -1.20. The Balaban J connectivity index is 0. The Morgan fingerprint density at radius 3 is 2.30 bits per heavy atom. The van der Waals surface area contributed by atoms with Crippen LogP contribution < -0.4 is 4.72 Å². The lowest BCUT2D eigenvalue weighted by atomic mass is 10.4. The van der Waals surface area contributed by atoms with Crippen LogP contribution in [0.25, 0.3) is 0 Å². The summed E-state index contributed by atoms with van der Waals surface area (Å²) >= 11 is -2.50. The van der Waals surface area contributed by atoms with E-state index in [-0.39, 0.29) is 7.43 Å². The molecule has 0 saturated carbocycles. The highest BCUT2D eigenvalue weighted by molar-refractivity contribution is 7.77. The third-order valence-corrected chi connectivity index (χ3v) is 1.19. The van der Waals surface area contributed by atoms with E-state index < -0.39 is 23.3 Å². The van der Waals surface area contributed by atoms with Gasteiger partial charge in [-0.3, -0.25) is 9.00 Å². The molecule has 6 heteroatoms. The molecule has 0 radical (unpaired) electrons. The van der Waals surface area contributed by atoms with E-state index in [0.717, 1.165) is 0 Å². The quantitative estimate of drug-likeness (QED) is 0.555. The van der Waals surface area contributed by atoms with Crippen molar-refractivity contribution < 1.29 is 18.7 Å². The highest BCUT2D eigenvalue weighted by Crippen LogP contribution is 1.79. The molecule has 62 valence electrons. The van der Waals surface area contributed by atoms with Crippen LogP contribution in [-0.4, -0.2) is 25.9 Å². The predicted octanol–water partition coefficient (Wildman–Crippen LogP) is -0.521. The van der Waals surface area contributed by atoms with E-state index in [9.17, 15) is 13.6 Å². The summed E-state index contributed by atoms with van der Waals surface area (Å²) in [4.78, 5) is 9.90. The van der Waals surface area contributed by atoms with E-state index in [4.69, 9.17) is 5.11 Å². The lowest BCUT2D eigenvalue weighted by Gasteiger charge is -2.09. The summed E-state index contributed by atoms with van der Waals surface area (Å²) in [5, 5.41) is 8.10.